The van der Waals surface area contributed by atoms with Gasteiger partial charge in [-0.2, -0.15) is 0 Å². The third-order valence-electron chi connectivity index (χ3n) is 3.01. The molecule has 6 nitrogen and oxygen atoms in total. The van der Waals surface area contributed by atoms with E-state index >= 15 is 0 Å². The number of hydrogen-bond donors (Lipinski definition) is 2. The number of rotatable bonds is 9. The minimum atomic E-state index is -0.498. The number of nitrogens with zero attached hydrogens (tertiary/aromatic N) is 1. The topological polar surface area (TPSA) is 86.5 Å². The first kappa shape index (κ1) is 19.9. The summed E-state index contributed by atoms with van der Waals surface area (Å²) >= 11 is 0. The molecule has 1 heterocycles. The minimum absolute atomic E-state index is 0.0139. The van der Waals surface area contributed by atoms with Crippen LogP contribution in [0.15, 0.2) is 18.5 Å². The van der Waals surface area contributed by atoms with Crippen molar-refractivity contribution in [3.63, 3.8) is 0 Å². The van der Waals surface area contributed by atoms with Gasteiger partial charge in [0.15, 0.2) is 0 Å². The van der Waals surface area contributed by atoms with Gasteiger partial charge in [-0.15, -0.1) is 0 Å². The van der Waals surface area contributed by atoms with Crippen LogP contribution in [0.3, 0.4) is 0 Å². The number of hydrogen-bond acceptors (Lipinski definition) is 5. The van der Waals surface area contributed by atoms with E-state index in [2.05, 4.69) is 22.1 Å². The van der Waals surface area contributed by atoms with Crippen LogP contribution in [0.25, 0.3) is 0 Å². The molecule has 1 amide bonds. The van der Waals surface area contributed by atoms with Crippen LogP contribution in [0.4, 0.5) is 0 Å². The molecule has 0 atom stereocenters. The molecule has 0 fully saturated rings. The first-order valence-electron chi connectivity index (χ1n) is 8.18. The van der Waals surface area contributed by atoms with E-state index in [0.29, 0.717) is 44.9 Å². The standard InChI is InChI=1S/C18H27N3O3/c1-4-24-18(2,3)8-7-15-12-16(14-20-13-15)23-11-5-6-17(22)21-10-9-19/h12-14H,4-6,9-11,19H2,1-3H3,(H,21,22). The summed E-state index contributed by atoms with van der Waals surface area (Å²) in [6.45, 7) is 7.79. The maximum atomic E-state index is 11.4. The number of carbonyl (C=O) groups is 1. The zero-order valence-electron chi connectivity index (χ0n) is 14.7. The number of pyridine rings is 1. The molecule has 0 bridgehead atoms. The fraction of sp³-hybridized carbons (Fsp3) is 0.556. The summed E-state index contributed by atoms with van der Waals surface area (Å²) < 4.78 is 11.2. The number of nitrogens with two attached hydrogens (primary N) is 1. The zero-order valence-corrected chi connectivity index (χ0v) is 14.7. The lowest BCUT2D eigenvalue weighted by atomic mass is 10.1. The van der Waals surface area contributed by atoms with Crippen molar-refractivity contribution in [1.29, 1.82) is 0 Å². The molecule has 0 aliphatic heterocycles. The van der Waals surface area contributed by atoms with Crippen LogP contribution < -0.4 is 15.8 Å². The largest absolute Gasteiger partial charge is 0.492 e. The molecule has 0 spiro atoms. The van der Waals surface area contributed by atoms with Crippen LogP contribution in [-0.4, -0.2) is 42.8 Å². The Kier molecular flexibility index (Phi) is 8.84. The van der Waals surface area contributed by atoms with E-state index in [1.807, 2.05) is 26.8 Å². The Labute approximate surface area is 144 Å². The third-order valence-corrected chi connectivity index (χ3v) is 3.01. The maximum Gasteiger partial charge on any atom is 0.220 e. The molecule has 24 heavy (non-hydrogen) atoms. The molecule has 1 rings (SSSR count). The van der Waals surface area contributed by atoms with Gasteiger partial charge in [-0.3, -0.25) is 9.78 Å². The summed E-state index contributed by atoms with van der Waals surface area (Å²) in [6, 6.07) is 1.83. The third kappa shape index (κ3) is 8.51. The summed E-state index contributed by atoms with van der Waals surface area (Å²) in [4.78, 5) is 15.6. The van der Waals surface area contributed by atoms with Crippen molar-refractivity contribution in [3.05, 3.63) is 24.0 Å². The lowest BCUT2D eigenvalue weighted by molar-refractivity contribution is -0.121. The Morgan fingerprint density at radius 3 is 2.92 bits per heavy atom. The molecule has 0 saturated heterocycles. The Morgan fingerprint density at radius 1 is 1.42 bits per heavy atom. The zero-order chi connectivity index (χ0) is 17.8. The summed E-state index contributed by atoms with van der Waals surface area (Å²) in [5, 5.41) is 2.72. The minimum Gasteiger partial charge on any atom is -0.492 e. The lowest BCUT2D eigenvalue weighted by Gasteiger charge is -2.16. The van der Waals surface area contributed by atoms with Gasteiger partial charge in [0.25, 0.3) is 0 Å². The highest BCUT2D eigenvalue weighted by atomic mass is 16.5. The molecule has 0 aliphatic rings. The van der Waals surface area contributed by atoms with Gasteiger partial charge < -0.3 is 20.5 Å². The average Bonchev–Trinajstić information content (AvgIpc) is 2.55. The predicted molar refractivity (Wildman–Crippen MR) is 93.6 cm³/mol. The van der Waals surface area contributed by atoms with Gasteiger partial charge in [0.05, 0.1) is 12.8 Å². The van der Waals surface area contributed by atoms with Gasteiger partial charge in [0.2, 0.25) is 5.91 Å². The van der Waals surface area contributed by atoms with E-state index in [4.69, 9.17) is 15.2 Å². The molecule has 1 aromatic heterocycles. The highest BCUT2D eigenvalue weighted by Gasteiger charge is 2.12. The van der Waals surface area contributed by atoms with Gasteiger partial charge in [-0.1, -0.05) is 11.8 Å². The molecule has 3 N–H and O–H groups in total. The number of aromatic nitrogens is 1. The fourth-order valence-corrected chi connectivity index (χ4v) is 1.91. The quantitative estimate of drug-likeness (QED) is 0.528. The van der Waals surface area contributed by atoms with E-state index in [-0.39, 0.29) is 5.91 Å². The monoisotopic (exact) mass is 333 g/mol. The van der Waals surface area contributed by atoms with Crippen LogP contribution >= 0.6 is 0 Å². The van der Waals surface area contributed by atoms with Crippen molar-refractivity contribution in [2.45, 2.75) is 39.2 Å². The second kappa shape index (κ2) is 10.6. The number of carbonyl (C=O) groups excluding carboxylic acids is 1. The van der Waals surface area contributed by atoms with Crippen LogP contribution in [0.2, 0.25) is 0 Å². The summed E-state index contributed by atoms with van der Waals surface area (Å²) in [5.41, 5.74) is 5.59. The van der Waals surface area contributed by atoms with E-state index in [9.17, 15) is 4.79 Å². The second-order valence-corrected chi connectivity index (χ2v) is 5.69. The molecule has 0 aromatic carbocycles. The smallest absolute Gasteiger partial charge is 0.220 e. The second-order valence-electron chi connectivity index (χ2n) is 5.69. The predicted octanol–water partition coefficient (Wildman–Crippen LogP) is 1.48. The van der Waals surface area contributed by atoms with E-state index < -0.39 is 5.60 Å². The number of ether oxygens (including phenoxy) is 2. The fourth-order valence-electron chi connectivity index (χ4n) is 1.91. The van der Waals surface area contributed by atoms with Crippen molar-refractivity contribution in [1.82, 2.24) is 10.3 Å². The van der Waals surface area contributed by atoms with Gasteiger partial charge >= 0.3 is 0 Å². The van der Waals surface area contributed by atoms with Crippen molar-refractivity contribution >= 4 is 5.91 Å². The number of amides is 1. The van der Waals surface area contributed by atoms with E-state index in [1.54, 1.807) is 12.4 Å². The molecule has 6 heteroatoms. The molecule has 0 unspecified atom stereocenters. The van der Waals surface area contributed by atoms with Crippen molar-refractivity contribution in [3.8, 4) is 17.6 Å². The molecule has 0 saturated carbocycles. The number of nitrogens with one attached hydrogen (secondary N) is 1. The highest BCUT2D eigenvalue weighted by molar-refractivity contribution is 5.75. The SMILES string of the molecule is CCOC(C)(C)C#Cc1cncc(OCCCC(=O)NCCN)c1. The Balaban J connectivity index is 2.46. The lowest BCUT2D eigenvalue weighted by Crippen LogP contribution is -2.29. The summed E-state index contributed by atoms with van der Waals surface area (Å²) in [6.07, 6.45) is 4.36. The van der Waals surface area contributed by atoms with Crippen LogP contribution in [-0.2, 0) is 9.53 Å². The van der Waals surface area contributed by atoms with Crippen molar-refractivity contribution < 1.29 is 14.3 Å². The Hall–Kier alpha value is -2.10. The van der Waals surface area contributed by atoms with E-state index in [0.717, 1.165) is 5.56 Å². The maximum absolute atomic E-state index is 11.4. The first-order chi connectivity index (χ1) is 11.5. The van der Waals surface area contributed by atoms with Crippen LogP contribution in [0.5, 0.6) is 5.75 Å². The first-order valence-corrected chi connectivity index (χ1v) is 8.18. The average molecular weight is 333 g/mol. The molecule has 1 aromatic rings. The van der Waals surface area contributed by atoms with Gasteiger partial charge in [-0.25, -0.2) is 0 Å². The van der Waals surface area contributed by atoms with Gasteiger partial charge in [0, 0.05) is 37.9 Å². The molecule has 0 aliphatic carbocycles. The summed E-state index contributed by atoms with van der Waals surface area (Å²) in [5.74, 6) is 6.75. The Morgan fingerprint density at radius 2 is 2.21 bits per heavy atom. The molecule has 132 valence electrons. The van der Waals surface area contributed by atoms with Crippen molar-refractivity contribution in [2.24, 2.45) is 5.73 Å². The molecule has 0 radical (unpaired) electrons. The highest BCUT2D eigenvalue weighted by Crippen LogP contribution is 2.12. The van der Waals surface area contributed by atoms with Crippen molar-refractivity contribution in [2.75, 3.05) is 26.3 Å². The van der Waals surface area contributed by atoms with Crippen LogP contribution in [0.1, 0.15) is 39.2 Å². The van der Waals surface area contributed by atoms with Crippen LogP contribution in [0, 0.1) is 11.8 Å². The molecular formula is C18H27N3O3. The van der Waals surface area contributed by atoms with Gasteiger partial charge in [-0.05, 0) is 33.3 Å². The van der Waals surface area contributed by atoms with Gasteiger partial charge in [0.1, 0.15) is 11.4 Å². The summed E-state index contributed by atoms with van der Waals surface area (Å²) in [7, 11) is 0. The molecular weight excluding hydrogens is 306 g/mol. The van der Waals surface area contributed by atoms with E-state index in [1.165, 1.54) is 0 Å². The normalized spacial score (nSPS) is 10.7. The Bertz CT molecular complexity index is 576.